The van der Waals surface area contributed by atoms with Crippen LogP contribution in [0.1, 0.15) is 16.1 Å². The Balaban J connectivity index is 1.80. The zero-order valence-electron chi connectivity index (χ0n) is 16.6. The van der Waals surface area contributed by atoms with Gasteiger partial charge in [0.25, 0.3) is 5.91 Å². The molecule has 4 rings (SSSR count). The predicted octanol–water partition coefficient (Wildman–Crippen LogP) is 4.44. The summed E-state index contributed by atoms with van der Waals surface area (Å²) in [6, 6.07) is 8.30. The minimum absolute atomic E-state index is 0.0951. The zero-order chi connectivity index (χ0) is 22.9. The summed E-state index contributed by atoms with van der Waals surface area (Å²) in [5, 5.41) is 2.64. The van der Waals surface area contributed by atoms with Crippen molar-refractivity contribution < 1.29 is 27.4 Å². The number of benzene rings is 1. The summed E-state index contributed by atoms with van der Waals surface area (Å²) >= 11 is 0.691. The lowest BCUT2D eigenvalue weighted by Gasteiger charge is -2.09. The van der Waals surface area contributed by atoms with Gasteiger partial charge in [-0.1, -0.05) is 29.5 Å². The molecule has 164 valence electrons. The summed E-state index contributed by atoms with van der Waals surface area (Å²) in [6.45, 7) is 0. The van der Waals surface area contributed by atoms with E-state index in [2.05, 4.69) is 25.3 Å². The number of ether oxygens (including phenoxy) is 2. The van der Waals surface area contributed by atoms with E-state index in [9.17, 15) is 18.0 Å². The number of carbonyl (C=O) groups excluding carboxylic acids is 1. The number of para-hydroxylation sites is 1. The Morgan fingerprint density at radius 3 is 2.38 bits per heavy atom. The third kappa shape index (κ3) is 3.91. The van der Waals surface area contributed by atoms with Crippen molar-refractivity contribution in [3.05, 3.63) is 54.1 Å². The minimum Gasteiger partial charge on any atom is -0.480 e. The van der Waals surface area contributed by atoms with Crippen LogP contribution < -0.4 is 14.8 Å². The first kappa shape index (κ1) is 21.4. The van der Waals surface area contributed by atoms with Crippen LogP contribution in [0.3, 0.4) is 0 Å². The number of hydrogen-bond donors (Lipinski definition) is 1. The highest BCUT2D eigenvalue weighted by Gasteiger charge is 2.38. The third-order valence-corrected chi connectivity index (χ3v) is 5.41. The molecule has 8 nitrogen and oxygen atoms in total. The maximum atomic E-state index is 13.8. The topological polar surface area (TPSA) is 99.1 Å². The molecule has 0 bridgehead atoms. The monoisotopic (exact) mass is 461 g/mol. The maximum absolute atomic E-state index is 13.8. The summed E-state index contributed by atoms with van der Waals surface area (Å²) in [5.74, 6) is -1.02. The largest absolute Gasteiger partial charge is 0.480 e. The van der Waals surface area contributed by atoms with Crippen molar-refractivity contribution in [3.63, 3.8) is 0 Å². The average Bonchev–Trinajstić information content (AvgIpc) is 3.22. The van der Waals surface area contributed by atoms with Gasteiger partial charge in [0, 0.05) is 17.1 Å². The maximum Gasteiger partial charge on any atom is 0.434 e. The molecule has 0 radical (unpaired) electrons. The first-order valence-electron chi connectivity index (χ1n) is 9.00. The highest BCUT2D eigenvalue weighted by atomic mass is 32.1. The van der Waals surface area contributed by atoms with Gasteiger partial charge >= 0.3 is 6.18 Å². The summed E-state index contributed by atoms with van der Waals surface area (Å²) in [5.41, 5.74) is -0.443. The molecular weight excluding hydrogens is 447 g/mol. The van der Waals surface area contributed by atoms with Gasteiger partial charge in [0.1, 0.15) is 6.33 Å². The van der Waals surface area contributed by atoms with Crippen LogP contribution in [0.5, 0.6) is 11.8 Å². The number of carbonyl (C=O) groups is 1. The van der Waals surface area contributed by atoms with Crippen LogP contribution >= 0.6 is 11.3 Å². The Hall–Kier alpha value is -3.80. The number of amides is 1. The average molecular weight is 461 g/mol. The number of nitrogens with zero attached hydrogens (tertiary/aromatic N) is 4. The van der Waals surface area contributed by atoms with Gasteiger partial charge in [-0.05, 0) is 12.1 Å². The number of hydrogen-bond acceptors (Lipinski definition) is 8. The molecule has 3 aromatic heterocycles. The van der Waals surface area contributed by atoms with Crippen molar-refractivity contribution in [2.45, 2.75) is 6.18 Å². The normalized spacial score (nSPS) is 11.4. The highest BCUT2D eigenvalue weighted by molar-refractivity contribution is 7.19. The smallest absolute Gasteiger partial charge is 0.434 e. The summed E-state index contributed by atoms with van der Waals surface area (Å²) < 4.78 is 51.5. The van der Waals surface area contributed by atoms with Crippen LogP contribution in [0.15, 0.2) is 42.9 Å². The van der Waals surface area contributed by atoms with Crippen molar-refractivity contribution in [1.82, 2.24) is 19.9 Å². The molecule has 4 aromatic rings. The Kier molecular flexibility index (Phi) is 5.61. The first-order valence-corrected chi connectivity index (χ1v) is 9.81. The number of nitrogens with one attached hydrogen (secondary N) is 1. The number of fused-ring (bicyclic) bond motifs is 1. The molecule has 0 aliphatic rings. The molecule has 12 heteroatoms. The van der Waals surface area contributed by atoms with Crippen molar-refractivity contribution in [1.29, 1.82) is 0 Å². The molecule has 3 heterocycles. The lowest BCUT2D eigenvalue weighted by molar-refractivity contribution is -0.140. The molecule has 0 spiro atoms. The zero-order valence-corrected chi connectivity index (χ0v) is 17.4. The Morgan fingerprint density at radius 2 is 1.72 bits per heavy atom. The Labute approximate surface area is 183 Å². The fourth-order valence-electron chi connectivity index (χ4n) is 3.06. The molecule has 32 heavy (non-hydrogen) atoms. The van der Waals surface area contributed by atoms with Gasteiger partial charge in [-0.15, -0.1) is 0 Å². The molecule has 0 saturated carbocycles. The van der Waals surface area contributed by atoms with Gasteiger partial charge in [0.05, 0.1) is 24.6 Å². The molecule has 1 amide bonds. The molecule has 0 aliphatic carbocycles. The van der Waals surface area contributed by atoms with Crippen molar-refractivity contribution in [3.8, 4) is 22.2 Å². The fourth-order valence-corrected chi connectivity index (χ4v) is 4.08. The highest BCUT2D eigenvalue weighted by Crippen LogP contribution is 2.44. The summed E-state index contributed by atoms with van der Waals surface area (Å²) in [6.07, 6.45) is -2.19. The molecule has 0 atom stereocenters. The number of aromatic nitrogens is 4. The van der Waals surface area contributed by atoms with Crippen LogP contribution in [0.4, 0.5) is 18.3 Å². The second-order valence-electron chi connectivity index (χ2n) is 6.29. The Bertz CT molecular complexity index is 1280. The van der Waals surface area contributed by atoms with E-state index >= 15 is 0 Å². The minimum atomic E-state index is -4.75. The fraction of sp³-hybridized carbons (Fsp3) is 0.150. The molecule has 0 unspecified atom stereocenters. The van der Waals surface area contributed by atoms with Gasteiger partial charge < -0.3 is 9.47 Å². The van der Waals surface area contributed by atoms with Crippen molar-refractivity contribution >= 4 is 33.3 Å². The van der Waals surface area contributed by atoms with Crippen LogP contribution in [-0.2, 0) is 6.18 Å². The second-order valence-corrected chi connectivity index (χ2v) is 7.29. The Morgan fingerprint density at radius 1 is 1.03 bits per heavy atom. The van der Waals surface area contributed by atoms with Gasteiger partial charge in [-0.2, -0.15) is 13.2 Å². The number of pyridine rings is 1. The molecule has 0 aliphatic heterocycles. The van der Waals surface area contributed by atoms with E-state index in [0.29, 0.717) is 27.8 Å². The quantitative estimate of drug-likeness (QED) is 0.469. The summed E-state index contributed by atoms with van der Waals surface area (Å²) in [7, 11) is 2.58. The van der Waals surface area contributed by atoms with E-state index < -0.39 is 17.8 Å². The van der Waals surface area contributed by atoms with E-state index in [4.69, 9.17) is 9.47 Å². The van der Waals surface area contributed by atoms with Crippen LogP contribution in [0, 0.1) is 0 Å². The number of alkyl halides is 3. The van der Waals surface area contributed by atoms with Gasteiger partial charge in [0.2, 0.25) is 11.8 Å². The molecule has 0 fully saturated rings. The van der Waals surface area contributed by atoms with Crippen LogP contribution in [-0.4, -0.2) is 40.1 Å². The van der Waals surface area contributed by atoms with E-state index in [1.807, 2.05) is 0 Å². The second kappa shape index (κ2) is 8.38. The van der Waals surface area contributed by atoms with Crippen LogP contribution in [0.25, 0.3) is 21.3 Å². The standard InChI is InChI=1S/C20H14F3N5O3S/c1-30-17-13(18(31-2)26-9-25-17)16(29)28-19-27-15(20(21,22)23)14(32-19)11-7-8-24-12-6-4-3-5-10(11)12/h3-9H,1-2H3,(H,27,28,29). The van der Waals surface area contributed by atoms with E-state index in [1.54, 1.807) is 24.3 Å². The first-order chi connectivity index (χ1) is 15.3. The summed E-state index contributed by atoms with van der Waals surface area (Å²) in [4.78, 5) is 28.2. The number of halogens is 3. The number of methoxy groups -OCH3 is 2. The van der Waals surface area contributed by atoms with E-state index in [0.717, 1.165) is 6.33 Å². The van der Waals surface area contributed by atoms with Crippen LogP contribution in [0.2, 0.25) is 0 Å². The van der Waals surface area contributed by atoms with E-state index in [1.165, 1.54) is 26.5 Å². The predicted molar refractivity (Wildman–Crippen MR) is 111 cm³/mol. The lowest BCUT2D eigenvalue weighted by atomic mass is 10.1. The van der Waals surface area contributed by atoms with Gasteiger partial charge in [0.15, 0.2) is 16.4 Å². The van der Waals surface area contributed by atoms with Crippen molar-refractivity contribution in [2.75, 3.05) is 19.5 Å². The SMILES string of the molecule is COc1ncnc(OC)c1C(=O)Nc1nc(C(F)(F)F)c(-c2ccnc3ccccc23)s1. The lowest BCUT2D eigenvalue weighted by Crippen LogP contribution is -2.16. The molecule has 1 N–H and O–H groups in total. The third-order valence-electron chi connectivity index (χ3n) is 4.40. The molecule has 0 saturated heterocycles. The van der Waals surface area contributed by atoms with E-state index in [-0.39, 0.29) is 27.3 Å². The molecule has 1 aromatic carbocycles. The van der Waals surface area contributed by atoms with Crippen molar-refractivity contribution in [2.24, 2.45) is 0 Å². The van der Waals surface area contributed by atoms with Gasteiger partial charge in [-0.25, -0.2) is 15.0 Å². The number of thiazole rings is 1. The number of rotatable bonds is 5. The number of anilines is 1. The molecular formula is C20H14F3N5O3S. The van der Waals surface area contributed by atoms with Gasteiger partial charge in [-0.3, -0.25) is 15.1 Å².